The molecule has 5 saturated carbocycles. The van der Waals surface area contributed by atoms with Crippen LogP contribution in [0.25, 0.3) is 0 Å². The van der Waals surface area contributed by atoms with Crippen molar-refractivity contribution in [2.75, 3.05) is 0 Å². The third-order valence-corrected chi connectivity index (χ3v) is 14.5. The van der Waals surface area contributed by atoms with Gasteiger partial charge in [0, 0.05) is 11.5 Å². The Hall–Kier alpha value is -1.31. The molecule has 0 aliphatic heterocycles. The molecule has 0 saturated heterocycles. The van der Waals surface area contributed by atoms with Crippen LogP contribution in [0.2, 0.25) is 0 Å². The SMILES string of the molecule is C=C(CCCC(C)C)C1CCC2(C)C3CCC4C(C)(C)C(OC(=O)C=CC=CCCCCC)CCC45CC35CCC12C. The lowest BCUT2D eigenvalue weighted by Crippen LogP contribution is -2.57. The van der Waals surface area contributed by atoms with E-state index < -0.39 is 0 Å². The predicted octanol–water partition coefficient (Wildman–Crippen LogP) is 11.4. The number of carbonyl (C=O) groups excluding carboxylic acids is 1. The first-order valence-electron chi connectivity index (χ1n) is 18.1. The molecule has 2 heteroatoms. The van der Waals surface area contributed by atoms with Crippen molar-refractivity contribution in [2.24, 2.45) is 50.7 Å². The number of allylic oxidation sites excluding steroid dienone is 4. The Morgan fingerprint density at radius 1 is 0.881 bits per heavy atom. The standard InChI is InChI=1S/C40H64O2/c1-9-10-11-12-13-14-15-19-35(41)42-34-23-25-39-28-40(39)27-26-37(7)31(30(4)18-16-17-29(2)3)22-24-38(37,8)33(40)21-20-32(39)36(34,5)6/h13-15,19,29,31-34H,4,9-12,16-18,20-28H2,1-3,5-8H3. The molecule has 2 nitrogen and oxygen atoms in total. The van der Waals surface area contributed by atoms with Crippen LogP contribution >= 0.6 is 0 Å². The van der Waals surface area contributed by atoms with Gasteiger partial charge in [-0.25, -0.2) is 4.79 Å². The lowest BCUT2D eigenvalue weighted by Gasteiger charge is -2.63. The van der Waals surface area contributed by atoms with Gasteiger partial charge < -0.3 is 4.74 Å². The van der Waals surface area contributed by atoms with E-state index in [0.29, 0.717) is 33.5 Å². The highest BCUT2D eigenvalue weighted by atomic mass is 16.5. The van der Waals surface area contributed by atoms with E-state index in [4.69, 9.17) is 11.3 Å². The molecule has 2 spiro atoms. The van der Waals surface area contributed by atoms with Gasteiger partial charge >= 0.3 is 5.97 Å². The Bertz CT molecular complexity index is 1060. The Labute approximate surface area is 259 Å². The summed E-state index contributed by atoms with van der Waals surface area (Å²) < 4.78 is 6.22. The zero-order chi connectivity index (χ0) is 30.4. The monoisotopic (exact) mass is 576 g/mol. The molecule has 0 aromatic carbocycles. The lowest BCUT2D eigenvalue weighted by atomic mass is 9.42. The van der Waals surface area contributed by atoms with Gasteiger partial charge in [-0.3, -0.25) is 0 Å². The van der Waals surface area contributed by atoms with Crippen molar-refractivity contribution in [1.29, 1.82) is 0 Å². The van der Waals surface area contributed by atoms with E-state index in [9.17, 15) is 4.79 Å². The maximum Gasteiger partial charge on any atom is 0.331 e. The van der Waals surface area contributed by atoms with Crippen LogP contribution in [0.1, 0.15) is 151 Å². The predicted molar refractivity (Wildman–Crippen MR) is 177 cm³/mol. The molecular weight excluding hydrogens is 512 g/mol. The van der Waals surface area contributed by atoms with E-state index >= 15 is 0 Å². The van der Waals surface area contributed by atoms with E-state index in [0.717, 1.165) is 24.7 Å². The molecule has 42 heavy (non-hydrogen) atoms. The Morgan fingerprint density at radius 3 is 2.36 bits per heavy atom. The summed E-state index contributed by atoms with van der Waals surface area (Å²) in [7, 11) is 0. The third kappa shape index (κ3) is 5.11. The summed E-state index contributed by atoms with van der Waals surface area (Å²) in [5, 5.41) is 0. The molecule has 236 valence electrons. The molecule has 0 radical (unpaired) electrons. The van der Waals surface area contributed by atoms with Gasteiger partial charge in [-0.2, -0.15) is 0 Å². The number of rotatable bonds is 12. The van der Waals surface area contributed by atoms with Crippen LogP contribution in [0.15, 0.2) is 36.5 Å². The quantitative estimate of drug-likeness (QED) is 0.0759. The van der Waals surface area contributed by atoms with E-state index in [1.165, 1.54) is 89.9 Å². The smallest absolute Gasteiger partial charge is 0.331 e. The van der Waals surface area contributed by atoms with Crippen molar-refractivity contribution in [3.63, 3.8) is 0 Å². The number of carbonyl (C=O) groups is 1. The highest BCUT2D eigenvalue weighted by Crippen LogP contribution is 2.89. The minimum atomic E-state index is -0.159. The average Bonchev–Trinajstić information content (AvgIpc) is 3.51. The summed E-state index contributed by atoms with van der Waals surface area (Å²) in [6.07, 6.45) is 28.4. The van der Waals surface area contributed by atoms with Crippen molar-refractivity contribution in [3.8, 4) is 0 Å². The van der Waals surface area contributed by atoms with Gasteiger partial charge in [0.1, 0.15) is 6.10 Å². The molecule has 5 aliphatic rings. The summed E-state index contributed by atoms with van der Waals surface area (Å²) in [6.45, 7) is 21.9. The highest BCUT2D eigenvalue weighted by molar-refractivity contribution is 5.82. The normalized spacial score (nSPS) is 41.8. The minimum Gasteiger partial charge on any atom is -0.459 e. The van der Waals surface area contributed by atoms with Crippen LogP contribution in [0.4, 0.5) is 0 Å². The zero-order valence-corrected chi connectivity index (χ0v) is 28.5. The van der Waals surface area contributed by atoms with Gasteiger partial charge in [0.15, 0.2) is 0 Å². The van der Waals surface area contributed by atoms with Crippen molar-refractivity contribution in [1.82, 2.24) is 0 Å². The van der Waals surface area contributed by atoms with Gasteiger partial charge in [-0.1, -0.05) is 98.1 Å². The summed E-state index contributed by atoms with van der Waals surface area (Å²) in [4.78, 5) is 12.8. The van der Waals surface area contributed by atoms with Crippen LogP contribution < -0.4 is 0 Å². The molecule has 5 aliphatic carbocycles. The number of ether oxygens (including phenoxy) is 1. The number of hydrogen-bond acceptors (Lipinski definition) is 2. The second-order valence-corrected chi connectivity index (χ2v) is 17.1. The molecule has 5 fully saturated rings. The number of esters is 1. The minimum absolute atomic E-state index is 0.0301. The first-order valence-corrected chi connectivity index (χ1v) is 18.1. The van der Waals surface area contributed by atoms with Crippen molar-refractivity contribution in [2.45, 2.75) is 157 Å². The molecule has 0 amide bonds. The molecule has 0 heterocycles. The van der Waals surface area contributed by atoms with Gasteiger partial charge in [0.25, 0.3) is 0 Å². The summed E-state index contributed by atoms with van der Waals surface area (Å²) in [6, 6.07) is 0. The van der Waals surface area contributed by atoms with E-state index in [1.54, 1.807) is 11.6 Å². The summed E-state index contributed by atoms with van der Waals surface area (Å²) in [5.41, 5.74) is 3.47. The third-order valence-electron chi connectivity index (χ3n) is 14.5. The van der Waals surface area contributed by atoms with Crippen LogP contribution in [0.5, 0.6) is 0 Å². The summed E-state index contributed by atoms with van der Waals surface area (Å²) >= 11 is 0. The average molecular weight is 577 g/mol. The molecule has 0 aromatic rings. The topological polar surface area (TPSA) is 26.3 Å². The van der Waals surface area contributed by atoms with Crippen LogP contribution in [0, 0.1) is 50.7 Å². The Kier molecular flexibility index (Phi) is 9.09. The number of unbranched alkanes of at least 4 members (excludes halogenated alkanes) is 3. The van der Waals surface area contributed by atoms with E-state index in [1.807, 2.05) is 12.2 Å². The summed E-state index contributed by atoms with van der Waals surface area (Å²) in [5.74, 6) is 2.87. The number of hydrogen-bond donors (Lipinski definition) is 0. The largest absolute Gasteiger partial charge is 0.459 e. The maximum atomic E-state index is 12.8. The maximum absolute atomic E-state index is 12.8. The highest BCUT2D eigenvalue weighted by Gasteiger charge is 2.82. The van der Waals surface area contributed by atoms with Gasteiger partial charge in [-0.15, -0.1) is 0 Å². The van der Waals surface area contributed by atoms with Crippen molar-refractivity contribution >= 4 is 5.97 Å². The fraction of sp³-hybridized carbons (Fsp3) is 0.825. The molecule has 8 unspecified atom stereocenters. The molecule has 0 aromatic heterocycles. The Balaban J connectivity index is 1.24. The molecule has 0 N–H and O–H groups in total. The lowest BCUT2D eigenvalue weighted by molar-refractivity contribution is -0.177. The van der Waals surface area contributed by atoms with Crippen LogP contribution in [-0.4, -0.2) is 12.1 Å². The fourth-order valence-electron chi connectivity index (χ4n) is 12.1. The van der Waals surface area contributed by atoms with Crippen molar-refractivity contribution in [3.05, 3.63) is 36.5 Å². The molecule has 0 bridgehead atoms. The second-order valence-electron chi connectivity index (χ2n) is 17.1. The van der Waals surface area contributed by atoms with Gasteiger partial charge in [0.2, 0.25) is 0 Å². The first kappa shape index (κ1) is 32.1. The van der Waals surface area contributed by atoms with E-state index in [-0.39, 0.29) is 17.5 Å². The molecule has 8 atom stereocenters. The van der Waals surface area contributed by atoms with E-state index in [2.05, 4.69) is 54.5 Å². The first-order chi connectivity index (χ1) is 19.9. The fourth-order valence-corrected chi connectivity index (χ4v) is 12.1. The molecular formula is C40H64O2. The molecule has 5 rings (SSSR count). The van der Waals surface area contributed by atoms with Gasteiger partial charge in [0.05, 0.1) is 0 Å². The van der Waals surface area contributed by atoms with Gasteiger partial charge in [-0.05, 0) is 129 Å². The van der Waals surface area contributed by atoms with Crippen LogP contribution in [-0.2, 0) is 9.53 Å². The zero-order valence-electron chi connectivity index (χ0n) is 28.5. The van der Waals surface area contributed by atoms with Crippen molar-refractivity contribution < 1.29 is 9.53 Å². The Morgan fingerprint density at radius 2 is 1.62 bits per heavy atom. The number of fused-ring (bicyclic) bond motifs is 2. The van der Waals surface area contributed by atoms with Crippen LogP contribution in [0.3, 0.4) is 0 Å². The second kappa shape index (κ2) is 11.9.